The summed E-state index contributed by atoms with van der Waals surface area (Å²) >= 11 is 5.46. The molecule has 0 aliphatic heterocycles. The molecule has 1 aromatic rings. The summed E-state index contributed by atoms with van der Waals surface area (Å²) in [6, 6.07) is -0.957. The maximum absolute atomic E-state index is 12.3. The molecule has 94 valence electrons. The van der Waals surface area contributed by atoms with Crippen LogP contribution in [0.1, 0.15) is 6.92 Å². The summed E-state index contributed by atoms with van der Waals surface area (Å²) in [7, 11) is 0. The standard InChI is InChI=1S/C8H7ClF3N3O2/c1-4(8(10,11)12)14-5-2-7(9)13-3-6(5)15(16)17/h2-4H,1H3,(H,13,14). The van der Waals surface area contributed by atoms with Crippen LogP contribution >= 0.6 is 11.6 Å². The third-order valence-electron chi connectivity index (χ3n) is 1.91. The zero-order valence-corrected chi connectivity index (χ0v) is 9.21. The summed E-state index contributed by atoms with van der Waals surface area (Å²) < 4.78 is 36.9. The van der Waals surface area contributed by atoms with E-state index in [2.05, 4.69) is 4.98 Å². The Bertz CT molecular complexity index is 439. The summed E-state index contributed by atoms with van der Waals surface area (Å²) in [5.41, 5.74) is -0.884. The van der Waals surface area contributed by atoms with Crippen molar-refractivity contribution in [3.8, 4) is 0 Å². The number of nitro groups is 1. The van der Waals surface area contributed by atoms with E-state index in [1.807, 2.05) is 5.32 Å². The minimum atomic E-state index is -4.51. The van der Waals surface area contributed by atoms with Crippen molar-refractivity contribution in [2.75, 3.05) is 5.32 Å². The molecule has 1 unspecified atom stereocenters. The monoisotopic (exact) mass is 269 g/mol. The predicted octanol–water partition coefficient (Wildman–Crippen LogP) is 3.01. The van der Waals surface area contributed by atoms with Gasteiger partial charge in [0.1, 0.15) is 23.1 Å². The lowest BCUT2D eigenvalue weighted by Gasteiger charge is -2.18. The van der Waals surface area contributed by atoms with E-state index in [1.54, 1.807) is 0 Å². The van der Waals surface area contributed by atoms with Crippen molar-refractivity contribution >= 4 is 23.0 Å². The molecule has 1 aromatic heterocycles. The van der Waals surface area contributed by atoms with E-state index in [-0.39, 0.29) is 10.8 Å². The maximum Gasteiger partial charge on any atom is 0.408 e. The number of halogens is 4. The Labute approximate surface area is 98.7 Å². The topological polar surface area (TPSA) is 68.1 Å². The first-order valence-electron chi connectivity index (χ1n) is 4.35. The molecule has 0 fully saturated rings. The Morgan fingerprint density at radius 1 is 1.59 bits per heavy atom. The summed E-state index contributed by atoms with van der Waals surface area (Å²) in [6.07, 6.45) is -3.71. The number of nitrogens with one attached hydrogen (secondary N) is 1. The Kier molecular flexibility index (Phi) is 3.76. The molecule has 1 heterocycles. The van der Waals surface area contributed by atoms with E-state index in [4.69, 9.17) is 11.6 Å². The Morgan fingerprint density at radius 2 is 2.18 bits per heavy atom. The molecular formula is C8H7ClF3N3O2. The van der Waals surface area contributed by atoms with Crippen molar-refractivity contribution in [2.24, 2.45) is 0 Å². The van der Waals surface area contributed by atoms with Crippen molar-refractivity contribution in [1.29, 1.82) is 0 Å². The number of hydrogen-bond acceptors (Lipinski definition) is 4. The fraction of sp³-hybridized carbons (Fsp3) is 0.375. The quantitative estimate of drug-likeness (QED) is 0.520. The average molecular weight is 270 g/mol. The van der Waals surface area contributed by atoms with Gasteiger partial charge in [0, 0.05) is 6.07 Å². The van der Waals surface area contributed by atoms with E-state index >= 15 is 0 Å². The van der Waals surface area contributed by atoms with Gasteiger partial charge < -0.3 is 5.32 Å². The first kappa shape index (κ1) is 13.5. The first-order valence-corrected chi connectivity index (χ1v) is 4.73. The van der Waals surface area contributed by atoms with Crippen LogP contribution in [0.2, 0.25) is 5.15 Å². The van der Waals surface area contributed by atoms with Gasteiger partial charge in [0.05, 0.1) is 4.92 Å². The second kappa shape index (κ2) is 4.74. The Morgan fingerprint density at radius 3 is 2.65 bits per heavy atom. The maximum atomic E-state index is 12.3. The summed E-state index contributed by atoms with van der Waals surface area (Å²) in [6.45, 7) is 0.845. The largest absolute Gasteiger partial charge is 0.408 e. The van der Waals surface area contributed by atoms with Gasteiger partial charge in [0.2, 0.25) is 0 Å². The molecule has 1 N–H and O–H groups in total. The highest BCUT2D eigenvalue weighted by molar-refractivity contribution is 6.29. The number of aromatic nitrogens is 1. The van der Waals surface area contributed by atoms with E-state index in [0.29, 0.717) is 0 Å². The van der Waals surface area contributed by atoms with Gasteiger partial charge in [-0.2, -0.15) is 13.2 Å². The fourth-order valence-corrected chi connectivity index (χ4v) is 1.16. The molecule has 1 atom stereocenters. The molecule has 0 spiro atoms. The van der Waals surface area contributed by atoms with Crippen molar-refractivity contribution in [2.45, 2.75) is 19.1 Å². The highest BCUT2D eigenvalue weighted by Gasteiger charge is 2.37. The number of alkyl halides is 3. The van der Waals surface area contributed by atoms with Crippen LogP contribution in [0.5, 0.6) is 0 Å². The van der Waals surface area contributed by atoms with Gasteiger partial charge in [-0.05, 0) is 6.92 Å². The van der Waals surface area contributed by atoms with Crippen molar-refractivity contribution < 1.29 is 18.1 Å². The van der Waals surface area contributed by atoms with E-state index in [1.165, 1.54) is 0 Å². The molecular weight excluding hydrogens is 263 g/mol. The van der Waals surface area contributed by atoms with Crippen LogP contribution in [0.4, 0.5) is 24.5 Å². The third kappa shape index (κ3) is 3.45. The normalized spacial score (nSPS) is 13.2. The van der Waals surface area contributed by atoms with Crippen molar-refractivity contribution in [3.63, 3.8) is 0 Å². The van der Waals surface area contributed by atoms with Crippen LogP contribution < -0.4 is 5.32 Å². The number of anilines is 1. The molecule has 0 saturated carbocycles. The smallest absolute Gasteiger partial charge is 0.368 e. The van der Waals surface area contributed by atoms with Crippen LogP contribution in [0.25, 0.3) is 0 Å². The van der Waals surface area contributed by atoms with E-state index in [9.17, 15) is 23.3 Å². The highest BCUT2D eigenvalue weighted by atomic mass is 35.5. The predicted molar refractivity (Wildman–Crippen MR) is 55.0 cm³/mol. The second-order valence-electron chi connectivity index (χ2n) is 3.19. The average Bonchev–Trinajstić information content (AvgIpc) is 2.15. The number of hydrogen-bond donors (Lipinski definition) is 1. The molecule has 0 bridgehead atoms. The van der Waals surface area contributed by atoms with Gasteiger partial charge in [0.25, 0.3) is 0 Å². The molecule has 1 rings (SSSR count). The molecule has 17 heavy (non-hydrogen) atoms. The highest BCUT2D eigenvalue weighted by Crippen LogP contribution is 2.29. The fourth-order valence-electron chi connectivity index (χ4n) is 0.999. The lowest BCUT2D eigenvalue weighted by molar-refractivity contribution is -0.384. The lowest BCUT2D eigenvalue weighted by atomic mass is 10.2. The van der Waals surface area contributed by atoms with Crippen molar-refractivity contribution in [3.05, 3.63) is 27.5 Å². The minimum absolute atomic E-state index is 0.132. The van der Waals surface area contributed by atoms with E-state index in [0.717, 1.165) is 19.2 Å². The van der Waals surface area contributed by atoms with Crippen LogP contribution in [-0.2, 0) is 0 Å². The van der Waals surface area contributed by atoms with Crippen LogP contribution in [-0.4, -0.2) is 22.1 Å². The Hall–Kier alpha value is -1.57. The number of pyridine rings is 1. The SMILES string of the molecule is CC(Nc1cc(Cl)ncc1[N+](=O)[O-])C(F)(F)F. The second-order valence-corrected chi connectivity index (χ2v) is 3.58. The molecule has 0 radical (unpaired) electrons. The van der Waals surface area contributed by atoms with Crippen LogP contribution in [0, 0.1) is 10.1 Å². The van der Waals surface area contributed by atoms with Gasteiger partial charge >= 0.3 is 11.9 Å². The van der Waals surface area contributed by atoms with Crippen LogP contribution in [0.15, 0.2) is 12.3 Å². The number of rotatable bonds is 3. The van der Waals surface area contributed by atoms with Gasteiger partial charge in [-0.1, -0.05) is 11.6 Å². The first-order chi connectivity index (χ1) is 7.71. The Balaban J connectivity index is 3.04. The number of nitrogens with zero attached hydrogens (tertiary/aromatic N) is 2. The van der Waals surface area contributed by atoms with E-state index < -0.39 is 22.8 Å². The molecule has 0 amide bonds. The lowest BCUT2D eigenvalue weighted by Crippen LogP contribution is -2.33. The molecule has 0 aromatic carbocycles. The molecule has 5 nitrogen and oxygen atoms in total. The van der Waals surface area contributed by atoms with Gasteiger partial charge in [-0.25, -0.2) is 4.98 Å². The molecule has 0 saturated heterocycles. The molecule has 0 aliphatic rings. The molecule has 0 aliphatic carbocycles. The van der Waals surface area contributed by atoms with Crippen LogP contribution in [0.3, 0.4) is 0 Å². The summed E-state index contributed by atoms with van der Waals surface area (Å²) in [4.78, 5) is 13.2. The minimum Gasteiger partial charge on any atom is -0.368 e. The van der Waals surface area contributed by atoms with Gasteiger partial charge in [-0.3, -0.25) is 10.1 Å². The zero-order chi connectivity index (χ0) is 13.2. The van der Waals surface area contributed by atoms with Gasteiger partial charge in [0.15, 0.2) is 0 Å². The summed E-state index contributed by atoms with van der Waals surface area (Å²) in [5, 5.41) is 12.4. The zero-order valence-electron chi connectivity index (χ0n) is 8.45. The van der Waals surface area contributed by atoms with Crippen molar-refractivity contribution in [1.82, 2.24) is 4.98 Å². The molecule has 9 heteroatoms. The third-order valence-corrected chi connectivity index (χ3v) is 2.12. The summed E-state index contributed by atoms with van der Waals surface area (Å²) in [5.74, 6) is 0. The van der Waals surface area contributed by atoms with Gasteiger partial charge in [-0.15, -0.1) is 0 Å².